The van der Waals surface area contributed by atoms with Crippen molar-refractivity contribution in [2.45, 2.75) is 58.0 Å². The van der Waals surface area contributed by atoms with Crippen molar-refractivity contribution in [2.75, 3.05) is 13.2 Å². The van der Waals surface area contributed by atoms with E-state index in [0.717, 1.165) is 9.88 Å². The average Bonchev–Trinajstić information content (AvgIpc) is 2.95. The summed E-state index contributed by atoms with van der Waals surface area (Å²) in [5.74, 6) is -0.680. The maximum absolute atomic E-state index is 6.22. The fourth-order valence-electron chi connectivity index (χ4n) is 1.87. The van der Waals surface area contributed by atoms with Crippen LogP contribution < -0.4 is 0 Å². The van der Waals surface area contributed by atoms with E-state index in [1.807, 2.05) is 13.1 Å². The van der Waals surface area contributed by atoms with Crippen LogP contribution in [-0.2, 0) is 25.3 Å². The molecule has 1 aliphatic heterocycles. The van der Waals surface area contributed by atoms with Crippen molar-refractivity contribution in [1.82, 2.24) is 4.98 Å². The number of rotatable bonds is 4. The summed E-state index contributed by atoms with van der Waals surface area (Å²) in [6, 6.07) is 0. The number of thiazole rings is 1. The number of aromatic nitrogens is 1. The van der Waals surface area contributed by atoms with E-state index >= 15 is 0 Å². The standard InChI is InChI=1S/C14H25NO3SSi/c1-12(2,3)20-18-13(4,5)10-9-15-11(19-10)14(6)16-7-8-17-14/h9H,7-8,20H2,1-6H3. The summed E-state index contributed by atoms with van der Waals surface area (Å²) in [6.07, 6.45) is 1.90. The molecule has 0 saturated carbocycles. The highest BCUT2D eigenvalue weighted by molar-refractivity contribution is 7.11. The maximum atomic E-state index is 6.22. The summed E-state index contributed by atoms with van der Waals surface area (Å²) < 4.78 is 17.5. The van der Waals surface area contributed by atoms with Gasteiger partial charge in [0, 0.05) is 6.20 Å². The van der Waals surface area contributed by atoms with Crippen LogP contribution in [0, 0.1) is 0 Å². The van der Waals surface area contributed by atoms with E-state index in [2.05, 4.69) is 39.6 Å². The van der Waals surface area contributed by atoms with E-state index in [1.54, 1.807) is 11.3 Å². The van der Waals surface area contributed by atoms with Gasteiger partial charge in [0.25, 0.3) is 0 Å². The van der Waals surface area contributed by atoms with Crippen molar-refractivity contribution in [1.29, 1.82) is 0 Å². The molecule has 0 amide bonds. The molecule has 2 rings (SSSR count). The van der Waals surface area contributed by atoms with Gasteiger partial charge in [-0.25, -0.2) is 4.98 Å². The lowest BCUT2D eigenvalue weighted by molar-refractivity contribution is -0.149. The highest BCUT2D eigenvalue weighted by atomic mass is 32.1. The molecule has 0 unspecified atom stereocenters. The second-order valence-electron chi connectivity index (χ2n) is 7.03. The fourth-order valence-corrected chi connectivity index (χ4v) is 3.95. The van der Waals surface area contributed by atoms with E-state index in [1.165, 1.54) is 0 Å². The number of hydrogen-bond acceptors (Lipinski definition) is 5. The molecule has 0 aromatic carbocycles. The van der Waals surface area contributed by atoms with E-state index in [9.17, 15) is 0 Å². The third kappa shape index (κ3) is 3.68. The Morgan fingerprint density at radius 2 is 1.85 bits per heavy atom. The second-order valence-corrected chi connectivity index (χ2v) is 10.8. The topological polar surface area (TPSA) is 40.6 Å². The Hall–Kier alpha value is -0.273. The van der Waals surface area contributed by atoms with Crippen molar-refractivity contribution in [3.63, 3.8) is 0 Å². The lowest BCUT2D eigenvalue weighted by Gasteiger charge is -2.29. The molecule has 0 aliphatic carbocycles. The number of hydrogen-bond donors (Lipinski definition) is 0. The van der Waals surface area contributed by atoms with Gasteiger partial charge in [-0.1, -0.05) is 20.8 Å². The van der Waals surface area contributed by atoms with Crippen LogP contribution in [-0.4, -0.2) is 28.0 Å². The van der Waals surface area contributed by atoms with Crippen molar-refractivity contribution in [3.05, 3.63) is 16.1 Å². The maximum Gasteiger partial charge on any atom is 0.219 e. The van der Waals surface area contributed by atoms with Gasteiger partial charge >= 0.3 is 0 Å². The van der Waals surface area contributed by atoms with Crippen molar-refractivity contribution in [2.24, 2.45) is 0 Å². The van der Waals surface area contributed by atoms with Gasteiger partial charge in [-0.3, -0.25) is 0 Å². The predicted octanol–water partition coefficient (Wildman–Crippen LogP) is 2.92. The summed E-state index contributed by atoms with van der Waals surface area (Å²) in [6.45, 7) is 14.1. The van der Waals surface area contributed by atoms with Crippen LogP contribution in [0.1, 0.15) is 51.4 Å². The van der Waals surface area contributed by atoms with Crippen LogP contribution >= 0.6 is 11.3 Å². The van der Waals surface area contributed by atoms with Gasteiger partial charge in [0.1, 0.15) is 0 Å². The largest absolute Gasteiger partial charge is 0.414 e. The summed E-state index contributed by atoms with van der Waals surface area (Å²) in [5.41, 5.74) is -0.287. The van der Waals surface area contributed by atoms with E-state index in [0.29, 0.717) is 13.2 Å². The molecule has 20 heavy (non-hydrogen) atoms. The zero-order valence-corrected chi connectivity index (χ0v) is 15.5. The summed E-state index contributed by atoms with van der Waals surface area (Å²) in [7, 11) is -0.605. The van der Waals surface area contributed by atoms with Gasteiger partial charge in [0.2, 0.25) is 5.79 Å². The second kappa shape index (κ2) is 5.49. The monoisotopic (exact) mass is 315 g/mol. The molecular formula is C14H25NO3SSi. The smallest absolute Gasteiger partial charge is 0.219 e. The molecular weight excluding hydrogens is 290 g/mol. The summed E-state index contributed by atoms with van der Waals surface area (Å²) in [5, 5.41) is 1.16. The lowest BCUT2D eigenvalue weighted by Crippen LogP contribution is -2.26. The highest BCUT2D eigenvalue weighted by Gasteiger charge is 2.38. The molecule has 1 saturated heterocycles. The fraction of sp³-hybridized carbons (Fsp3) is 0.786. The minimum absolute atomic E-state index is 0.286. The van der Waals surface area contributed by atoms with Crippen LogP contribution in [0.2, 0.25) is 5.04 Å². The Morgan fingerprint density at radius 1 is 1.25 bits per heavy atom. The Labute approximate surface area is 127 Å². The lowest BCUT2D eigenvalue weighted by atomic mass is 10.1. The van der Waals surface area contributed by atoms with Crippen LogP contribution in [0.4, 0.5) is 0 Å². The third-order valence-electron chi connectivity index (χ3n) is 3.19. The molecule has 0 bridgehead atoms. The molecule has 0 radical (unpaired) electrons. The van der Waals surface area contributed by atoms with Gasteiger partial charge in [-0.15, -0.1) is 11.3 Å². The first kappa shape index (κ1) is 16.1. The molecule has 1 aliphatic rings. The zero-order chi connectivity index (χ0) is 15.0. The summed E-state index contributed by atoms with van der Waals surface area (Å²) >= 11 is 1.62. The zero-order valence-electron chi connectivity index (χ0n) is 13.3. The Morgan fingerprint density at radius 3 is 2.40 bits per heavy atom. The van der Waals surface area contributed by atoms with Gasteiger partial charge in [-0.05, 0) is 25.8 Å². The van der Waals surface area contributed by atoms with Gasteiger partial charge in [0.05, 0.1) is 23.7 Å². The van der Waals surface area contributed by atoms with E-state index in [-0.39, 0.29) is 10.6 Å². The quantitative estimate of drug-likeness (QED) is 0.801. The molecule has 4 nitrogen and oxygen atoms in total. The average molecular weight is 316 g/mol. The Bertz CT molecular complexity index is 461. The highest BCUT2D eigenvalue weighted by Crippen LogP contribution is 2.38. The molecule has 0 spiro atoms. The third-order valence-corrected chi connectivity index (χ3v) is 6.41. The number of nitrogens with zero attached hydrogens (tertiary/aromatic N) is 1. The first-order valence-corrected chi connectivity index (χ1v) is 9.11. The molecule has 0 N–H and O–H groups in total. The van der Waals surface area contributed by atoms with Crippen molar-refractivity contribution >= 4 is 21.1 Å². The predicted molar refractivity (Wildman–Crippen MR) is 83.7 cm³/mol. The summed E-state index contributed by atoms with van der Waals surface area (Å²) in [4.78, 5) is 5.61. The van der Waals surface area contributed by atoms with Crippen molar-refractivity contribution in [3.8, 4) is 0 Å². The van der Waals surface area contributed by atoms with Gasteiger partial charge in [0.15, 0.2) is 14.8 Å². The van der Waals surface area contributed by atoms with E-state index < -0.39 is 15.6 Å². The van der Waals surface area contributed by atoms with Gasteiger partial charge < -0.3 is 13.9 Å². The van der Waals surface area contributed by atoms with Crippen LogP contribution in [0.5, 0.6) is 0 Å². The first-order chi connectivity index (χ1) is 9.12. The Kier molecular flexibility index (Phi) is 4.42. The molecule has 1 fully saturated rings. The molecule has 1 aromatic heterocycles. The normalized spacial score (nSPS) is 20.1. The molecule has 114 valence electrons. The molecule has 0 atom stereocenters. The molecule has 2 heterocycles. The van der Waals surface area contributed by atoms with E-state index in [4.69, 9.17) is 13.9 Å². The molecule has 6 heteroatoms. The number of ether oxygens (including phenoxy) is 2. The van der Waals surface area contributed by atoms with Crippen molar-refractivity contribution < 1.29 is 13.9 Å². The van der Waals surface area contributed by atoms with Gasteiger partial charge in [-0.2, -0.15) is 0 Å². The molecule has 1 aromatic rings. The van der Waals surface area contributed by atoms with Crippen LogP contribution in [0.3, 0.4) is 0 Å². The van der Waals surface area contributed by atoms with Crippen LogP contribution in [0.15, 0.2) is 6.20 Å². The minimum Gasteiger partial charge on any atom is -0.414 e. The Balaban J connectivity index is 2.11. The SMILES string of the molecule is CC(C)(C)[SiH2]OC(C)(C)c1cnc(C2(C)OCCO2)s1. The minimum atomic E-state index is -0.680. The first-order valence-electron chi connectivity index (χ1n) is 7.01. The van der Waals surface area contributed by atoms with Crippen LogP contribution in [0.25, 0.3) is 0 Å².